The first-order valence-electron chi connectivity index (χ1n) is 5.97. The van der Waals surface area contributed by atoms with Crippen LogP contribution in [0.2, 0.25) is 0 Å². The first kappa shape index (κ1) is 10.4. The van der Waals surface area contributed by atoms with Crippen LogP contribution in [-0.2, 0) is 6.42 Å². The largest absolute Gasteiger partial charge is 0.496 e. The number of fused-ring (bicyclic) bond motifs is 3. The maximum absolute atomic E-state index is 5.56. The third kappa shape index (κ3) is 1.39. The van der Waals surface area contributed by atoms with Gasteiger partial charge in [-0.1, -0.05) is 30.3 Å². The summed E-state index contributed by atoms with van der Waals surface area (Å²) in [4.78, 5) is 0. The SMILES string of the molecule is COc1c(C)ccc2c1Cc1c(C)cccc1-2. The number of benzene rings is 2. The molecule has 0 unspecified atom stereocenters. The van der Waals surface area contributed by atoms with Crippen LogP contribution in [-0.4, -0.2) is 7.11 Å². The van der Waals surface area contributed by atoms with Crippen LogP contribution in [0.15, 0.2) is 30.3 Å². The number of hydrogen-bond donors (Lipinski definition) is 0. The van der Waals surface area contributed by atoms with Crippen molar-refractivity contribution in [3.63, 3.8) is 0 Å². The van der Waals surface area contributed by atoms with Crippen molar-refractivity contribution in [1.82, 2.24) is 0 Å². The first-order valence-corrected chi connectivity index (χ1v) is 5.97. The lowest BCUT2D eigenvalue weighted by molar-refractivity contribution is 0.408. The fraction of sp³-hybridized carbons (Fsp3) is 0.250. The summed E-state index contributed by atoms with van der Waals surface area (Å²) in [6, 6.07) is 10.9. The standard InChI is InChI=1S/C16H16O/c1-10-5-4-6-12-13-8-7-11(2)16(17-3)15(13)9-14(10)12/h4-8H,9H2,1-3H3. The molecule has 0 amide bonds. The molecule has 0 saturated carbocycles. The molecule has 0 fully saturated rings. The average molecular weight is 224 g/mol. The minimum absolute atomic E-state index is 1.00. The van der Waals surface area contributed by atoms with Crippen LogP contribution in [0.1, 0.15) is 22.3 Å². The number of methoxy groups -OCH3 is 1. The Kier molecular flexibility index (Phi) is 2.22. The lowest BCUT2D eigenvalue weighted by Gasteiger charge is -2.10. The summed E-state index contributed by atoms with van der Waals surface area (Å²) in [7, 11) is 1.76. The molecule has 1 aliphatic carbocycles. The van der Waals surface area contributed by atoms with Gasteiger partial charge in [-0.05, 0) is 41.7 Å². The molecule has 0 aromatic heterocycles. The zero-order chi connectivity index (χ0) is 12.0. The predicted octanol–water partition coefficient (Wildman–Crippen LogP) is 3.88. The van der Waals surface area contributed by atoms with Gasteiger partial charge in [0.25, 0.3) is 0 Å². The van der Waals surface area contributed by atoms with Gasteiger partial charge < -0.3 is 4.74 Å². The Balaban J connectivity index is 2.29. The zero-order valence-corrected chi connectivity index (χ0v) is 10.5. The molecule has 0 saturated heterocycles. The molecule has 0 atom stereocenters. The molecular formula is C16H16O. The van der Waals surface area contributed by atoms with Crippen LogP contribution in [0.4, 0.5) is 0 Å². The summed E-state index contributed by atoms with van der Waals surface area (Å²) >= 11 is 0. The Morgan fingerprint density at radius 2 is 1.65 bits per heavy atom. The smallest absolute Gasteiger partial charge is 0.125 e. The van der Waals surface area contributed by atoms with Gasteiger partial charge in [-0.25, -0.2) is 0 Å². The van der Waals surface area contributed by atoms with Crippen molar-refractivity contribution in [1.29, 1.82) is 0 Å². The Hall–Kier alpha value is -1.76. The number of ether oxygens (including phenoxy) is 1. The van der Waals surface area contributed by atoms with Gasteiger partial charge in [0.1, 0.15) is 5.75 Å². The van der Waals surface area contributed by atoms with E-state index >= 15 is 0 Å². The summed E-state index contributed by atoms with van der Waals surface area (Å²) in [5, 5.41) is 0. The van der Waals surface area contributed by atoms with Crippen LogP contribution in [0.25, 0.3) is 11.1 Å². The van der Waals surface area contributed by atoms with E-state index in [0.717, 1.165) is 12.2 Å². The van der Waals surface area contributed by atoms with Gasteiger partial charge in [0.05, 0.1) is 7.11 Å². The molecule has 0 spiro atoms. The molecule has 17 heavy (non-hydrogen) atoms. The van der Waals surface area contributed by atoms with E-state index in [1.165, 1.54) is 33.4 Å². The minimum atomic E-state index is 1.00. The third-order valence-corrected chi connectivity index (χ3v) is 3.72. The van der Waals surface area contributed by atoms with E-state index in [9.17, 15) is 0 Å². The van der Waals surface area contributed by atoms with Gasteiger partial charge in [-0.2, -0.15) is 0 Å². The van der Waals surface area contributed by atoms with Crippen molar-refractivity contribution in [2.75, 3.05) is 7.11 Å². The fourth-order valence-corrected chi connectivity index (χ4v) is 2.82. The van der Waals surface area contributed by atoms with Crippen molar-refractivity contribution in [2.24, 2.45) is 0 Å². The van der Waals surface area contributed by atoms with E-state index < -0.39 is 0 Å². The maximum atomic E-state index is 5.56. The van der Waals surface area contributed by atoms with Gasteiger partial charge in [0.2, 0.25) is 0 Å². The summed E-state index contributed by atoms with van der Waals surface area (Å²) in [5.41, 5.74) is 8.10. The second-order valence-electron chi connectivity index (χ2n) is 4.72. The molecule has 86 valence electrons. The van der Waals surface area contributed by atoms with Crippen molar-refractivity contribution < 1.29 is 4.74 Å². The molecule has 2 aromatic carbocycles. The van der Waals surface area contributed by atoms with Gasteiger partial charge >= 0.3 is 0 Å². The van der Waals surface area contributed by atoms with Crippen LogP contribution >= 0.6 is 0 Å². The molecule has 0 heterocycles. The summed E-state index contributed by atoms with van der Waals surface area (Å²) < 4.78 is 5.56. The highest BCUT2D eigenvalue weighted by Crippen LogP contribution is 2.43. The maximum Gasteiger partial charge on any atom is 0.125 e. The van der Waals surface area contributed by atoms with Crippen LogP contribution in [0.3, 0.4) is 0 Å². The predicted molar refractivity (Wildman–Crippen MR) is 70.7 cm³/mol. The first-order chi connectivity index (χ1) is 8.22. The van der Waals surface area contributed by atoms with E-state index in [2.05, 4.69) is 44.2 Å². The highest BCUT2D eigenvalue weighted by molar-refractivity contribution is 5.80. The second kappa shape index (κ2) is 3.63. The number of rotatable bonds is 1. The second-order valence-corrected chi connectivity index (χ2v) is 4.72. The zero-order valence-electron chi connectivity index (χ0n) is 10.5. The van der Waals surface area contributed by atoms with E-state index in [0.29, 0.717) is 0 Å². The quantitative estimate of drug-likeness (QED) is 0.609. The Morgan fingerprint density at radius 3 is 2.41 bits per heavy atom. The number of hydrogen-bond acceptors (Lipinski definition) is 1. The van der Waals surface area contributed by atoms with Gasteiger partial charge in [-0.3, -0.25) is 0 Å². The van der Waals surface area contributed by atoms with Crippen LogP contribution in [0, 0.1) is 13.8 Å². The third-order valence-electron chi connectivity index (χ3n) is 3.72. The normalized spacial score (nSPS) is 12.2. The van der Waals surface area contributed by atoms with Crippen LogP contribution < -0.4 is 4.74 Å². The summed E-state index contributed by atoms with van der Waals surface area (Å²) in [6.07, 6.45) is 1.00. The van der Waals surface area contributed by atoms with E-state index in [4.69, 9.17) is 4.74 Å². The van der Waals surface area contributed by atoms with E-state index in [-0.39, 0.29) is 0 Å². The lowest BCUT2D eigenvalue weighted by atomic mass is 10.0. The highest BCUT2D eigenvalue weighted by Gasteiger charge is 2.23. The Morgan fingerprint density at radius 1 is 0.882 bits per heavy atom. The lowest BCUT2D eigenvalue weighted by Crippen LogP contribution is -1.93. The molecule has 0 N–H and O–H groups in total. The average Bonchev–Trinajstić information content (AvgIpc) is 2.69. The van der Waals surface area contributed by atoms with Crippen molar-refractivity contribution in [2.45, 2.75) is 20.3 Å². The summed E-state index contributed by atoms with van der Waals surface area (Å²) in [6.45, 7) is 4.29. The number of aryl methyl sites for hydroxylation is 2. The molecule has 1 aliphatic rings. The Labute approximate surface area is 102 Å². The molecule has 0 aliphatic heterocycles. The van der Waals surface area contributed by atoms with Crippen molar-refractivity contribution in [3.05, 3.63) is 52.6 Å². The topological polar surface area (TPSA) is 9.23 Å². The molecular weight excluding hydrogens is 208 g/mol. The van der Waals surface area contributed by atoms with Gasteiger partial charge in [0, 0.05) is 12.0 Å². The molecule has 0 radical (unpaired) electrons. The van der Waals surface area contributed by atoms with E-state index in [1.54, 1.807) is 7.11 Å². The van der Waals surface area contributed by atoms with Crippen LogP contribution in [0.5, 0.6) is 5.75 Å². The van der Waals surface area contributed by atoms with Gasteiger partial charge in [0.15, 0.2) is 0 Å². The van der Waals surface area contributed by atoms with Crippen molar-refractivity contribution in [3.8, 4) is 16.9 Å². The minimum Gasteiger partial charge on any atom is -0.496 e. The Bertz CT molecular complexity index is 597. The van der Waals surface area contributed by atoms with Gasteiger partial charge in [-0.15, -0.1) is 0 Å². The summed E-state index contributed by atoms with van der Waals surface area (Å²) in [5.74, 6) is 1.05. The fourth-order valence-electron chi connectivity index (χ4n) is 2.82. The molecule has 0 bridgehead atoms. The monoisotopic (exact) mass is 224 g/mol. The molecule has 1 heteroatoms. The molecule has 1 nitrogen and oxygen atoms in total. The van der Waals surface area contributed by atoms with Crippen molar-refractivity contribution >= 4 is 0 Å². The highest BCUT2D eigenvalue weighted by atomic mass is 16.5. The molecule has 3 rings (SSSR count). The molecule has 2 aromatic rings. The van der Waals surface area contributed by atoms with E-state index in [1.807, 2.05) is 0 Å².